The molecule has 0 radical (unpaired) electrons. The second kappa shape index (κ2) is 5.62. The Balaban J connectivity index is 1.78. The molecule has 0 saturated heterocycles. The summed E-state index contributed by atoms with van der Waals surface area (Å²) >= 11 is 0. The predicted octanol–water partition coefficient (Wildman–Crippen LogP) is 2.61. The number of carbonyl (C=O) groups is 1. The van der Waals surface area contributed by atoms with E-state index in [1.165, 1.54) is 0 Å². The van der Waals surface area contributed by atoms with Crippen LogP contribution in [0.4, 0.5) is 5.82 Å². The van der Waals surface area contributed by atoms with Crippen molar-refractivity contribution in [2.24, 2.45) is 7.05 Å². The fourth-order valence-electron chi connectivity index (χ4n) is 2.60. The van der Waals surface area contributed by atoms with Gasteiger partial charge in [0.15, 0.2) is 5.65 Å². The highest BCUT2D eigenvalue weighted by atomic mass is 16.2. The van der Waals surface area contributed by atoms with Crippen LogP contribution in [0.5, 0.6) is 0 Å². The number of amides is 1. The highest BCUT2D eigenvalue weighted by Gasteiger charge is 2.16. The SMILES string of the molecule is Cn1cnc(C(=O)Nc2[nH]nc3nccc(-c4ccccc4)c23)c1. The van der Waals surface area contributed by atoms with Gasteiger partial charge in [-0.3, -0.25) is 9.89 Å². The van der Waals surface area contributed by atoms with Gasteiger partial charge in [-0.2, -0.15) is 5.10 Å². The van der Waals surface area contributed by atoms with Crippen LogP contribution >= 0.6 is 0 Å². The first-order valence-electron chi connectivity index (χ1n) is 7.40. The molecule has 0 aliphatic rings. The number of rotatable bonds is 3. The Kier molecular flexibility index (Phi) is 3.31. The number of imidazole rings is 1. The third-order valence-corrected chi connectivity index (χ3v) is 3.72. The van der Waals surface area contributed by atoms with Crippen LogP contribution in [0.15, 0.2) is 55.1 Å². The highest BCUT2D eigenvalue weighted by molar-refractivity contribution is 6.09. The summed E-state index contributed by atoms with van der Waals surface area (Å²) in [5.74, 6) is 0.205. The minimum Gasteiger partial charge on any atom is -0.340 e. The molecule has 0 atom stereocenters. The first kappa shape index (κ1) is 14.1. The molecule has 0 bridgehead atoms. The zero-order valence-corrected chi connectivity index (χ0v) is 12.9. The lowest BCUT2D eigenvalue weighted by atomic mass is 10.0. The summed E-state index contributed by atoms with van der Waals surface area (Å²) in [4.78, 5) is 20.7. The van der Waals surface area contributed by atoms with E-state index in [0.29, 0.717) is 17.2 Å². The smallest absolute Gasteiger partial charge is 0.277 e. The molecule has 4 rings (SSSR count). The number of pyridine rings is 1. The van der Waals surface area contributed by atoms with E-state index in [0.717, 1.165) is 16.5 Å². The molecule has 0 aliphatic heterocycles. The summed E-state index contributed by atoms with van der Waals surface area (Å²) in [5.41, 5.74) is 2.86. The fourth-order valence-corrected chi connectivity index (χ4v) is 2.60. The van der Waals surface area contributed by atoms with Gasteiger partial charge >= 0.3 is 0 Å². The number of benzene rings is 1. The average Bonchev–Trinajstić information content (AvgIpc) is 3.22. The third kappa shape index (κ3) is 2.41. The molecule has 0 saturated carbocycles. The molecule has 7 nitrogen and oxygen atoms in total. The van der Waals surface area contributed by atoms with Crippen LogP contribution < -0.4 is 5.32 Å². The van der Waals surface area contributed by atoms with Crippen LogP contribution in [0.1, 0.15) is 10.5 Å². The number of nitrogens with one attached hydrogen (secondary N) is 2. The normalized spacial score (nSPS) is 10.9. The van der Waals surface area contributed by atoms with Gasteiger partial charge in [-0.05, 0) is 17.2 Å². The molecule has 0 aliphatic carbocycles. The largest absolute Gasteiger partial charge is 0.340 e. The summed E-state index contributed by atoms with van der Waals surface area (Å²) in [5, 5.41) is 10.6. The lowest BCUT2D eigenvalue weighted by Crippen LogP contribution is -2.13. The van der Waals surface area contributed by atoms with E-state index >= 15 is 0 Å². The van der Waals surface area contributed by atoms with E-state index in [9.17, 15) is 4.79 Å². The van der Waals surface area contributed by atoms with Crippen molar-refractivity contribution in [2.75, 3.05) is 5.32 Å². The van der Waals surface area contributed by atoms with Crippen molar-refractivity contribution in [3.05, 3.63) is 60.8 Å². The summed E-state index contributed by atoms with van der Waals surface area (Å²) in [6.07, 6.45) is 4.94. The zero-order valence-electron chi connectivity index (χ0n) is 12.9. The molecule has 0 fully saturated rings. The average molecular weight is 318 g/mol. The molecule has 1 amide bonds. The molecular formula is C17H14N6O. The number of aromatic nitrogens is 5. The standard InChI is InChI=1S/C17H14N6O/c1-23-9-13(19-10-23)17(24)20-16-14-12(11-5-3-2-4-6-11)7-8-18-15(14)21-22-16/h2-10H,1H3,(H2,18,20,21,22,24). The van der Waals surface area contributed by atoms with Crippen LogP contribution in [0.2, 0.25) is 0 Å². The van der Waals surface area contributed by atoms with Gasteiger partial charge < -0.3 is 9.88 Å². The lowest BCUT2D eigenvalue weighted by molar-refractivity contribution is 0.102. The monoisotopic (exact) mass is 318 g/mol. The van der Waals surface area contributed by atoms with Crippen LogP contribution in [0.3, 0.4) is 0 Å². The molecule has 24 heavy (non-hydrogen) atoms. The summed E-state index contributed by atoms with van der Waals surface area (Å²) in [6.45, 7) is 0. The number of hydrogen-bond acceptors (Lipinski definition) is 4. The number of aromatic amines is 1. The minimum absolute atomic E-state index is 0.302. The van der Waals surface area contributed by atoms with E-state index in [1.54, 1.807) is 23.3 Å². The molecule has 2 N–H and O–H groups in total. The Morgan fingerprint density at radius 1 is 1.17 bits per heavy atom. The molecule has 4 aromatic rings. The number of hydrogen-bond donors (Lipinski definition) is 2. The summed E-state index contributed by atoms with van der Waals surface area (Å²) in [7, 11) is 1.81. The van der Waals surface area contributed by atoms with Crippen LogP contribution in [-0.2, 0) is 7.05 Å². The number of anilines is 1. The second-order valence-corrected chi connectivity index (χ2v) is 5.40. The van der Waals surface area contributed by atoms with E-state index in [-0.39, 0.29) is 5.91 Å². The van der Waals surface area contributed by atoms with Crippen molar-refractivity contribution in [3.63, 3.8) is 0 Å². The molecule has 7 heteroatoms. The van der Waals surface area contributed by atoms with Gasteiger partial charge in [0.1, 0.15) is 11.5 Å². The van der Waals surface area contributed by atoms with Crippen LogP contribution in [0, 0.1) is 0 Å². The Hall–Kier alpha value is -3.48. The maximum absolute atomic E-state index is 12.4. The predicted molar refractivity (Wildman–Crippen MR) is 90.5 cm³/mol. The maximum atomic E-state index is 12.4. The Morgan fingerprint density at radius 3 is 2.75 bits per heavy atom. The van der Waals surface area contributed by atoms with Gasteiger partial charge in [-0.25, -0.2) is 9.97 Å². The third-order valence-electron chi connectivity index (χ3n) is 3.72. The number of carbonyl (C=O) groups excluding carboxylic acids is 1. The molecule has 118 valence electrons. The zero-order chi connectivity index (χ0) is 16.5. The van der Waals surface area contributed by atoms with Gasteiger partial charge in [0.25, 0.3) is 5.91 Å². The topological polar surface area (TPSA) is 88.5 Å². The molecule has 1 aromatic carbocycles. The Labute approximate surface area is 137 Å². The second-order valence-electron chi connectivity index (χ2n) is 5.40. The fraction of sp³-hybridized carbons (Fsp3) is 0.0588. The van der Waals surface area contributed by atoms with Gasteiger partial charge in [0, 0.05) is 19.4 Å². The van der Waals surface area contributed by atoms with Gasteiger partial charge in [-0.15, -0.1) is 0 Å². The number of H-pyrrole nitrogens is 1. The summed E-state index contributed by atoms with van der Waals surface area (Å²) < 4.78 is 1.72. The molecule has 0 unspecified atom stereocenters. The number of aryl methyl sites for hydroxylation is 1. The maximum Gasteiger partial charge on any atom is 0.277 e. The summed E-state index contributed by atoms with van der Waals surface area (Å²) in [6, 6.07) is 11.8. The quantitative estimate of drug-likeness (QED) is 0.608. The van der Waals surface area contributed by atoms with Crippen molar-refractivity contribution < 1.29 is 4.79 Å². The molecular weight excluding hydrogens is 304 g/mol. The number of nitrogens with zero attached hydrogens (tertiary/aromatic N) is 4. The first-order chi connectivity index (χ1) is 11.7. The van der Waals surface area contributed by atoms with Gasteiger partial charge in [-0.1, -0.05) is 30.3 Å². The van der Waals surface area contributed by atoms with Crippen molar-refractivity contribution in [1.82, 2.24) is 24.7 Å². The highest BCUT2D eigenvalue weighted by Crippen LogP contribution is 2.31. The van der Waals surface area contributed by atoms with E-state index in [4.69, 9.17) is 0 Å². The minimum atomic E-state index is -0.302. The van der Waals surface area contributed by atoms with Crippen molar-refractivity contribution in [2.45, 2.75) is 0 Å². The van der Waals surface area contributed by atoms with E-state index in [2.05, 4.69) is 25.5 Å². The first-order valence-corrected chi connectivity index (χ1v) is 7.40. The van der Waals surface area contributed by atoms with E-state index < -0.39 is 0 Å². The van der Waals surface area contributed by atoms with Gasteiger partial charge in [0.05, 0.1) is 11.7 Å². The molecule has 3 heterocycles. The molecule has 0 spiro atoms. The van der Waals surface area contributed by atoms with Gasteiger partial charge in [0.2, 0.25) is 0 Å². The lowest BCUT2D eigenvalue weighted by Gasteiger charge is -2.06. The van der Waals surface area contributed by atoms with Crippen molar-refractivity contribution in [1.29, 1.82) is 0 Å². The van der Waals surface area contributed by atoms with E-state index in [1.807, 2.05) is 43.4 Å². The number of fused-ring (bicyclic) bond motifs is 1. The van der Waals surface area contributed by atoms with Crippen molar-refractivity contribution >= 4 is 22.8 Å². The molecule has 3 aromatic heterocycles. The van der Waals surface area contributed by atoms with Crippen LogP contribution in [0.25, 0.3) is 22.2 Å². The van der Waals surface area contributed by atoms with Crippen molar-refractivity contribution in [3.8, 4) is 11.1 Å². The Morgan fingerprint density at radius 2 is 2.00 bits per heavy atom. The van der Waals surface area contributed by atoms with Crippen LogP contribution in [-0.4, -0.2) is 30.6 Å². The Bertz CT molecular complexity index is 1020.